The number of nitrogens with zero attached hydrogens (tertiary/aromatic N) is 1. The van der Waals surface area contributed by atoms with Gasteiger partial charge in [-0.25, -0.2) is 16.8 Å². The number of sulfone groups is 1. The fourth-order valence-electron chi connectivity index (χ4n) is 1.85. The molecule has 0 amide bonds. The second kappa shape index (κ2) is 5.69. The van der Waals surface area contributed by atoms with Crippen LogP contribution in [0.2, 0.25) is 0 Å². The van der Waals surface area contributed by atoms with Gasteiger partial charge >= 0.3 is 0 Å². The molecule has 1 aromatic heterocycles. The van der Waals surface area contributed by atoms with E-state index in [-0.39, 0.29) is 34.7 Å². The van der Waals surface area contributed by atoms with Gasteiger partial charge in [-0.05, 0) is 18.6 Å². The largest absolute Gasteiger partial charge is 0.252 e. The van der Waals surface area contributed by atoms with Crippen LogP contribution in [-0.4, -0.2) is 45.7 Å². The van der Waals surface area contributed by atoms with Crippen LogP contribution in [0.3, 0.4) is 0 Å². The highest BCUT2D eigenvalue weighted by atomic mass is 35.5. The van der Waals surface area contributed by atoms with Crippen molar-refractivity contribution in [2.75, 3.05) is 24.6 Å². The van der Waals surface area contributed by atoms with Crippen LogP contribution in [0.15, 0.2) is 16.3 Å². The first kappa shape index (κ1) is 15.2. The number of rotatable bonds is 3. The summed E-state index contributed by atoms with van der Waals surface area (Å²) in [4.78, 5) is 0.780. The molecule has 1 aliphatic heterocycles. The van der Waals surface area contributed by atoms with Gasteiger partial charge in [-0.3, -0.25) is 0 Å². The second-order valence-corrected chi connectivity index (χ2v) is 10.2. The lowest BCUT2D eigenvalue weighted by Gasteiger charge is -2.17. The minimum absolute atomic E-state index is 0.0266. The molecule has 1 aromatic rings. The molecule has 0 atom stereocenters. The third kappa shape index (κ3) is 3.49. The Morgan fingerprint density at radius 3 is 2.63 bits per heavy atom. The fourth-order valence-corrected chi connectivity index (χ4v) is 6.33. The van der Waals surface area contributed by atoms with E-state index in [4.69, 9.17) is 11.6 Å². The number of sulfonamides is 1. The van der Waals surface area contributed by atoms with E-state index in [2.05, 4.69) is 0 Å². The molecule has 2 heterocycles. The van der Waals surface area contributed by atoms with Crippen LogP contribution in [-0.2, 0) is 25.7 Å². The summed E-state index contributed by atoms with van der Waals surface area (Å²) in [5.41, 5.74) is 0. The van der Waals surface area contributed by atoms with Crippen molar-refractivity contribution in [2.24, 2.45) is 0 Å². The summed E-state index contributed by atoms with van der Waals surface area (Å²) < 4.78 is 49.2. The van der Waals surface area contributed by atoms with Gasteiger partial charge in [-0.1, -0.05) is 0 Å². The molecule has 2 rings (SSSR count). The van der Waals surface area contributed by atoms with Gasteiger partial charge in [0.1, 0.15) is 4.21 Å². The van der Waals surface area contributed by atoms with Gasteiger partial charge in [-0.15, -0.1) is 22.9 Å². The van der Waals surface area contributed by atoms with E-state index >= 15 is 0 Å². The average molecular weight is 344 g/mol. The molecule has 0 aromatic carbocycles. The Morgan fingerprint density at radius 1 is 1.26 bits per heavy atom. The molecule has 9 heteroatoms. The van der Waals surface area contributed by atoms with Crippen molar-refractivity contribution in [3.63, 3.8) is 0 Å². The van der Waals surface area contributed by atoms with Crippen molar-refractivity contribution in [3.05, 3.63) is 17.0 Å². The van der Waals surface area contributed by atoms with E-state index < -0.39 is 19.9 Å². The fraction of sp³-hybridized carbons (Fsp3) is 0.600. The molecule has 0 bridgehead atoms. The van der Waals surface area contributed by atoms with Crippen LogP contribution < -0.4 is 0 Å². The first-order valence-electron chi connectivity index (χ1n) is 5.70. The summed E-state index contributed by atoms with van der Waals surface area (Å²) in [6.07, 6.45) is 0.343. The third-order valence-corrected chi connectivity index (χ3v) is 8.49. The van der Waals surface area contributed by atoms with E-state index in [0.717, 1.165) is 16.2 Å². The van der Waals surface area contributed by atoms with Crippen LogP contribution >= 0.6 is 22.9 Å². The summed E-state index contributed by atoms with van der Waals surface area (Å²) in [6, 6.07) is 3.20. The van der Waals surface area contributed by atoms with Crippen LogP contribution in [0.1, 0.15) is 11.3 Å². The van der Waals surface area contributed by atoms with Crippen molar-refractivity contribution in [3.8, 4) is 0 Å². The van der Waals surface area contributed by atoms with Crippen LogP contribution in [0.4, 0.5) is 0 Å². The number of thiophene rings is 1. The maximum Gasteiger partial charge on any atom is 0.252 e. The lowest BCUT2D eigenvalue weighted by molar-refractivity contribution is 0.436. The Balaban J connectivity index is 2.24. The summed E-state index contributed by atoms with van der Waals surface area (Å²) in [5.74, 6) is 0.213. The molecule has 5 nitrogen and oxygen atoms in total. The van der Waals surface area contributed by atoms with Gasteiger partial charge < -0.3 is 0 Å². The lowest BCUT2D eigenvalue weighted by Crippen LogP contribution is -2.33. The van der Waals surface area contributed by atoms with Crippen molar-refractivity contribution in [2.45, 2.75) is 16.5 Å². The molecule has 19 heavy (non-hydrogen) atoms. The quantitative estimate of drug-likeness (QED) is 0.775. The molecular weight excluding hydrogens is 330 g/mol. The first-order chi connectivity index (χ1) is 8.85. The van der Waals surface area contributed by atoms with E-state index in [9.17, 15) is 16.8 Å². The molecule has 0 spiro atoms. The Kier molecular flexibility index (Phi) is 4.56. The summed E-state index contributed by atoms with van der Waals surface area (Å²) in [7, 11) is -6.71. The van der Waals surface area contributed by atoms with Gasteiger partial charge in [0.15, 0.2) is 9.84 Å². The monoisotopic (exact) mass is 343 g/mol. The molecular formula is C10H14ClNO4S3. The van der Waals surface area contributed by atoms with E-state index in [1.165, 1.54) is 10.4 Å². The zero-order valence-corrected chi connectivity index (χ0v) is 13.3. The smallest absolute Gasteiger partial charge is 0.229 e. The molecule has 0 radical (unpaired) electrons. The van der Waals surface area contributed by atoms with Gasteiger partial charge in [0.2, 0.25) is 0 Å². The molecule has 1 saturated heterocycles. The summed E-state index contributed by atoms with van der Waals surface area (Å²) >= 11 is 6.79. The zero-order chi connectivity index (χ0) is 14.1. The third-order valence-electron chi connectivity index (χ3n) is 2.88. The molecule has 1 aliphatic rings. The van der Waals surface area contributed by atoms with Crippen molar-refractivity contribution < 1.29 is 16.8 Å². The number of hydrogen-bond acceptors (Lipinski definition) is 5. The van der Waals surface area contributed by atoms with Crippen LogP contribution in [0.25, 0.3) is 0 Å². The highest BCUT2D eigenvalue weighted by Gasteiger charge is 2.29. The number of hydrogen-bond donors (Lipinski definition) is 0. The van der Waals surface area contributed by atoms with E-state index in [1.807, 2.05) is 0 Å². The molecule has 1 fully saturated rings. The van der Waals surface area contributed by atoms with Crippen molar-refractivity contribution in [1.82, 2.24) is 4.31 Å². The minimum atomic E-state index is -3.60. The molecule has 0 N–H and O–H groups in total. The maximum atomic E-state index is 12.4. The average Bonchev–Trinajstić information content (AvgIpc) is 2.75. The summed E-state index contributed by atoms with van der Waals surface area (Å²) in [6.45, 7) is 0.272. The number of alkyl halides is 1. The Labute approximate surface area is 122 Å². The Morgan fingerprint density at radius 2 is 2.00 bits per heavy atom. The van der Waals surface area contributed by atoms with E-state index in [0.29, 0.717) is 6.42 Å². The molecule has 108 valence electrons. The summed E-state index contributed by atoms with van der Waals surface area (Å²) in [5, 5.41) is 0. The first-order valence-corrected chi connectivity index (χ1v) is 10.3. The molecule has 0 unspecified atom stereocenters. The highest BCUT2D eigenvalue weighted by molar-refractivity contribution is 7.92. The minimum Gasteiger partial charge on any atom is -0.229 e. The molecule has 0 saturated carbocycles. The predicted octanol–water partition coefficient (Wildman–Crippen LogP) is 1.30. The predicted molar refractivity (Wildman–Crippen MR) is 75.9 cm³/mol. The lowest BCUT2D eigenvalue weighted by atomic mass is 10.5. The number of halogens is 1. The van der Waals surface area contributed by atoms with Gasteiger partial charge in [0.05, 0.1) is 17.4 Å². The van der Waals surface area contributed by atoms with Crippen molar-refractivity contribution >= 4 is 42.8 Å². The van der Waals surface area contributed by atoms with Crippen LogP contribution in [0, 0.1) is 0 Å². The SMILES string of the molecule is O=S1(=O)CCCN(S(=O)(=O)c2ccc(CCl)s2)CC1. The van der Waals surface area contributed by atoms with Gasteiger partial charge in [0.25, 0.3) is 10.0 Å². The standard InChI is InChI=1S/C10H14ClNO4S3/c11-8-9-2-3-10(17-9)19(15,16)12-4-1-6-18(13,14)7-5-12/h2-3H,1,4-8H2. The maximum absolute atomic E-state index is 12.4. The van der Waals surface area contributed by atoms with Crippen LogP contribution in [0.5, 0.6) is 0 Å². The zero-order valence-electron chi connectivity index (χ0n) is 10.1. The normalized spacial score (nSPS) is 21.1. The van der Waals surface area contributed by atoms with Crippen molar-refractivity contribution in [1.29, 1.82) is 0 Å². The highest BCUT2D eigenvalue weighted by Crippen LogP contribution is 2.26. The van der Waals surface area contributed by atoms with Gasteiger partial charge in [0, 0.05) is 18.0 Å². The second-order valence-electron chi connectivity index (χ2n) is 4.26. The topological polar surface area (TPSA) is 71.5 Å². The Bertz CT molecular complexity index is 650. The van der Waals surface area contributed by atoms with E-state index in [1.54, 1.807) is 6.07 Å². The Hall–Kier alpha value is -0.150. The molecule has 0 aliphatic carbocycles. The van der Waals surface area contributed by atoms with Gasteiger partial charge in [-0.2, -0.15) is 4.31 Å².